The Hall–Kier alpha value is -1.99. The third-order valence-electron chi connectivity index (χ3n) is 2.36. The molecule has 2 aromatic rings. The first-order chi connectivity index (χ1) is 10.0. The topological polar surface area (TPSA) is 68.3 Å². The van der Waals surface area contributed by atoms with Crippen molar-refractivity contribution < 1.29 is 18.7 Å². The Kier molecular flexibility index (Phi) is 4.87. The van der Waals surface area contributed by atoms with Crippen molar-refractivity contribution in [2.24, 2.45) is 0 Å². The van der Waals surface area contributed by atoms with Gasteiger partial charge in [-0.3, -0.25) is 4.79 Å². The van der Waals surface area contributed by atoms with Gasteiger partial charge in [0.15, 0.2) is 0 Å². The molecule has 0 radical (unpaired) electrons. The van der Waals surface area contributed by atoms with Gasteiger partial charge in [-0.1, -0.05) is 11.6 Å². The quantitative estimate of drug-likeness (QED) is 0.874. The number of hydrogen-bond acceptors (Lipinski definition) is 5. The summed E-state index contributed by atoms with van der Waals surface area (Å²) in [5.41, 5.74) is 0.163. The average Bonchev–Trinajstić information content (AvgIpc) is 2.93. The molecule has 0 unspecified atom stereocenters. The molecule has 0 saturated heterocycles. The van der Waals surface area contributed by atoms with Crippen LogP contribution in [0.5, 0.6) is 0 Å². The van der Waals surface area contributed by atoms with Crippen LogP contribution in [0, 0.1) is 5.82 Å². The van der Waals surface area contributed by atoms with E-state index in [1.54, 1.807) is 6.92 Å². The van der Waals surface area contributed by atoms with Crippen molar-refractivity contribution in [2.45, 2.75) is 6.92 Å². The summed E-state index contributed by atoms with van der Waals surface area (Å²) in [5.74, 6) is -1.71. The number of rotatable bonds is 4. The SMILES string of the molecule is CCOC(=O)c1nc(C(=O)Nc2cc(F)ccc2Cl)cs1. The monoisotopic (exact) mass is 328 g/mol. The lowest BCUT2D eigenvalue weighted by molar-refractivity contribution is 0.0526. The molecule has 0 aliphatic carbocycles. The van der Waals surface area contributed by atoms with Gasteiger partial charge in [0.2, 0.25) is 5.01 Å². The number of anilines is 1. The zero-order valence-corrected chi connectivity index (χ0v) is 12.4. The van der Waals surface area contributed by atoms with E-state index in [0.717, 1.165) is 17.4 Å². The molecule has 110 valence electrons. The number of carbonyl (C=O) groups is 2. The van der Waals surface area contributed by atoms with Gasteiger partial charge < -0.3 is 10.1 Å². The number of carbonyl (C=O) groups excluding carboxylic acids is 2. The third-order valence-corrected chi connectivity index (χ3v) is 3.52. The molecule has 8 heteroatoms. The molecule has 1 amide bonds. The van der Waals surface area contributed by atoms with Crippen molar-refractivity contribution in [3.63, 3.8) is 0 Å². The summed E-state index contributed by atoms with van der Waals surface area (Å²) in [6, 6.07) is 3.61. The van der Waals surface area contributed by atoms with Gasteiger partial charge in [0.05, 0.1) is 17.3 Å². The standard InChI is InChI=1S/C13H10ClFN2O3S/c1-2-20-13(19)12-17-10(6-21-12)11(18)16-9-5-7(15)3-4-8(9)14/h3-6H,2H2,1H3,(H,16,18). The van der Waals surface area contributed by atoms with Gasteiger partial charge in [0.25, 0.3) is 5.91 Å². The summed E-state index contributed by atoms with van der Waals surface area (Å²) in [4.78, 5) is 27.3. The Labute approximate surface area is 128 Å². The molecule has 0 bridgehead atoms. The van der Waals surface area contributed by atoms with Crippen LogP contribution in [-0.4, -0.2) is 23.5 Å². The molecule has 0 aliphatic rings. The van der Waals surface area contributed by atoms with Gasteiger partial charge in [-0.15, -0.1) is 11.3 Å². The molecule has 1 aromatic heterocycles. The van der Waals surface area contributed by atoms with Crippen LogP contribution in [-0.2, 0) is 4.74 Å². The van der Waals surface area contributed by atoms with E-state index < -0.39 is 17.7 Å². The Bertz CT molecular complexity index is 690. The predicted molar refractivity (Wildman–Crippen MR) is 77.4 cm³/mol. The lowest BCUT2D eigenvalue weighted by Gasteiger charge is -2.05. The second kappa shape index (κ2) is 6.64. The van der Waals surface area contributed by atoms with E-state index in [1.807, 2.05) is 0 Å². The smallest absolute Gasteiger partial charge is 0.367 e. The number of thiazole rings is 1. The highest BCUT2D eigenvalue weighted by Crippen LogP contribution is 2.23. The lowest BCUT2D eigenvalue weighted by Crippen LogP contribution is -2.13. The fourth-order valence-electron chi connectivity index (χ4n) is 1.44. The van der Waals surface area contributed by atoms with Crippen LogP contribution in [0.3, 0.4) is 0 Å². The zero-order valence-electron chi connectivity index (χ0n) is 10.9. The number of aromatic nitrogens is 1. The van der Waals surface area contributed by atoms with Crippen molar-refractivity contribution >= 4 is 40.5 Å². The third kappa shape index (κ3) is 3.77. The van der Waals surface area contributed by atoms with E-state index in [-0.39, 0.29) is 28.0 Å². The maximum absolute atomic E-state index is 13.1. The minimum atomic E-state index is -0.592. The van der Waals surface area contributed by atoms with Crippen LogP contribution in [0.1, 0.15) is 27.2 Å². The normalized spacial score (nSPS) is 10.2. The first kappa shape index (κ1) is 15.4. The lowest BCUT2D eigenvalue weighted by atomic mass is 10.3. The number of nitrogens with zero attached hydrogens (tertiary/aromatic N) is 1. The van der Waals surface area contributed by atoms with Gasteiger partial charge in [-0.25, -0.2) is 14.2 Å². The van der Waals surface area contributed by atoms with Gasteiger partial charge in [-0.2, -0.15) is 0 Å². The predicted octanol–water partition coefficient (Wildman–Crippen LogP) is 3.36. The second-order valence-corrected chi connectivity index (χ2v) is 5.10. The van der Waals surface area contributed by atoms with Crippen molar-refractivity contribution in [3.05, 3.63) is 45.1 Å². The maximum Gasteiger partial charge on any atom is 0.367 e. The molecule has 2 rings (SSSR count). The fourth-order valence-corrected chi connectivity index (χ4v) is 2.30. The highest BCUT2D eigenvalue weighted by molar-refractivity contribution is 7.11. The van der Waals surface area contributed by atoms with Crippen LogP contribution in [0.4, 0.5) is 10.1 Å². The number of benzene rings is 1. The molecule has 1 aromatic carbocycles. The molecule has 0 fully saturated rings. The number of amides is 1. The summed E-state index contributed by atoms with van der Waals surface area (Å²) in [5, 5.41) is 4.12. The van der Waals surface area contributed by atoms with E-state index in [9.17, 15) is 14.0 Å². The average molecular weight is 329 g/mol. The van der Waals surface area contributed by atoms with E-state index in [1.165, 1.54) is 17.5 Å². The van der Waals surface area contributed by atoms with E-state index in [4.69, 9.17) is 16.3 Å². The van der Waals surface area contributed by atoms with E-state index >= 15 is 0 Å². The van der Waals surface area contributed by atoms with Crippen molar-refractivity contribution in [2.75, 3.05) is 11.9 Å². The minimum absolute atomic E-state index is 0.0309. The number of halogens is 2. The summed E-state index contributed by atoms with van der Waals surface area (Å²) >= 11 is 6.84. The molecule has 5 nitrogen and oxygen atoms in total. The number of esters is 1. The number of hydrogen-bond donors (Lipinski definition) is 1. The molecule has 1 heterocycles. The van der Waals surface area contributed by atoms with Crippen LogP contribution < -0.4 is 5.32 Å². The summed E-state index contributed by atoms with van der Waals surface area (Å²) in [6.45, 7) is 1.89. The Morgan fingerprint density at radius 1 is 1.48 bits per heavy atom. The molecule has 21 heavy (non-hydrogen) atoms. The highest BCUT2D eigenvalue weighted by atomic mass is 35.5. The molecule has 0 spiro atoms. The number of nitrogens with one attached hydrogen (secondary N) is 1. The van der Waals surface area contributed by atoms with Gasteiger partial charge >= 0.3 is 5.97 Å². The minimum Gasteiger partial charge on any atom is -0.461 e. The molecular formula is C13H10ClFN2O3S. The van der Waals surface area contributed by atoms with E-state index in [0.29, 0.717) is 0 Å². The maximum atomic E-state index is 13.1. The number of ether oxygens (including phenoxy) is 1. The zero-order chi connectivity index (χ0) is 15.4. The van der Waals surface area contributed by atoms with Gasteiger partial charge in [0, 0.05) is 5.38 Å². The Balaban J connectivity index is 2.14. The molecule has 1 N–H and O–H groups in total. The van der Waals surface area contributed by atoms with Crippen molar-refractivity contribution in [3.8, 4) is 0 Å². The highest BCUT2D eigenvalue weighted by Gasteiger charge is 2.17. The first-order valence-electron chi connectivity index (χ1n) is 5.90. The largest absolute Gasteiger partial charge is 0.461 e. The summed E-state index contributed by atoms with van der Waals surface area (Å²) in [6.07, 6.45) is 0. The molecule has 0 atom stereocenters. The molecule has 0 saturated carbocycles. The van der Waals surface area contributed by atoms with E-state index in [2.05, 4.69) is 10.3 Å². The van der Waals surface area contributed by atoms with Crippen LogP contribution >= 0.6 is 22.9 Å². The van der Waals surface area contributed by atoms with Crippen molar-refractivity contribution in [1.82, 2.24) is 4.98 Å². The first-order valence-corrected chi connectivity index (χ1v) is 7.16. The Morgan fingerprint density at radius 2 is 2.24 bits per heavy atom. The molecular weight excluding hydrogens is 319 g/mol. The summed E-state index contributed by atoms with van der Waals surface area (Å²) < 4.78 is 17.9. The second-order valence-electron chi connectivity index (χ2n) is 3.84. The van der Waals surface area contributed by atoms with Crippen LogP contribution in [0.15, 0.2) is 23.6 Å². The van der Waals surface area contributed by atoms with Gasteiger partial charge in [-0.05, 0) is 25.1 Å². The van der Waals surface area contributed by atoms with Crippen LogP contribution in [0.2, 0.25) is 5.02 Å². The van der Waals surface area contributed by atoms with Gasteiger partial charge in [0.1, 0.15) is 11.5 Å². The molecule has 0 aliphatic heterocycles. The Morgan fingerprint density at radius 3 is 2.95 bits per heavy atom. The fraction of sp³-hybridized carbons (Fsp3) is 0.154. The van der Waals surface area contributed by atoms with Crippen LogP contribution in [0.25, 0.3) is 0 Å². The van der Waals surface area contributed by atoms with Crippen molar-refractivity contribution in [1.29, 1.82) is 0 Å². The summed E-state index contributed by atoms with van der Waals surface area (Å²) in [7, 11) is 0.